The van der Waals surface area contributed by atoms with E-state index < -0.39 is 58.8 Å². The Morgan fingerprint density at radius 1 is 1.25 bits per heavy atom. The molecule has 3 atom stereocenters. The Balaban J connectivity index is 2.14. The topological polar surface area (TPSA) is 90.0 Å². The van der Waals surface area contributed by atoms with Gasteiger partial charge >= 0.3 is 5.97 Å². The molecule has 1 amide bonds. The van der Waals surface area contributed by atoms with E-state index in [1.165, 1.54) is 0 Å². The molecule has 0 aromatic heterocycles. The lowest BCUT2D eigenvalue weighted by Gasteiger charge is -2.23. The molecule has 0 aromatic rings. The minimum absolute atomic E-state index is 0.00649. The molecule has 2 aliphatic rings. The number of esters is 1. The molecule has 0 N–H and O–H groups in total. The molecular formula is C14H21F2NO6S. The van der Waals surface area contributed by atoms with Crippen molar-refractivity contribution < 1.29 is 35.7 Å². The second kappa shape index (κ2) is 6.91. The maximum absolute atomic E-state index is 13.3. The van der Waals surface area contributed by atoms with Crippen LogP contribution in [0.1, 0.15) is 26.2 Å². The Kier molecular flexibility index (Phi) is 5.48. The molecule has 2 fully saturated rings. The van der Waals surface area contributed by atoms with Crippen molar-refractivity contribution >= 4 is 22.0 Å². The van der Waals surface area contributed by atoms with Crippen LogP contribution in [-0.4, -0.2) is 63.2 Å². The normalized spacial score (nSPS) is 29.7. The average molecular weight is 369 g/mol. The Bertz CT molecular complexity index is 608. The van der Waals surface area contributed by atoms with Gasteiger partial charge in [-0.3, -0.25) is 13.8 Å². The molecule has 1 heterocycles. The number of alkyl halides is 2. The number of carbonyl (C=O) groups excluding carboxylic acids is 2. The summed E-state index contributed by atoms with van der Waals surface area (Å²) in [7, 11) is -3.75. The van der Waals surface area contributed by atoms with Gasteiger partial charge in [0.2, 0.25) is 5.91 Å². The van der Waals surface area contributed by atoms with Crippen LogP contribution >= 0.6 is 0 Å². The number of nitrogens with zero attached hydrogens (tertiary/aromatic N) is 1. The van der Waals surface area contributed by atoms with Crippen LogP contribution in [0, 0.1) is 11.8 Å². The fourth-order valence-electron chi connectivity index (χ4n) is 3.26. The van der Waals surface area contributed by atoms with E-state index >= 15 is 0 Å². The molecule has 1 saturated heterocycles. The van der Waals surface area contributed by atoms with Gasteiger partial charge in [-0.15, -0.1) is 0 Å². The van der Waals surface area contributed by atoms with Gasteiger partial charge in [0, 0.05) is 13.0 Å². The SMILES string of the molecule is CCOC(=O)[C@@H]1C[C@H](OS(C)(=O)=O)C[C@H]1C(=O)N1CCC(F)(F)C1. The Morgan fingerprint density at radius 3 is 2.38 bits per heavy atom. The number of amides is 1. The van der Waals surface area contributed by atoms with Crippen molar-refractivity contribution in [3.8, 4) is 0 Å². The monoisotopic (exact) mass is 369 g/mol. The summed E-state index contributed by atoms with van der Waals surface area (Å²) in [5.41, 5.74) is 0. The Morgan fingerprint density at radius 2 is 1.88 bits per heavy atom. The molecule has 0 unspecified atom stereocenters. The third-order valence-corrected chi connectivity index (χ3v) is 4.84. The highest BCUT2D eigenvalue weighted by atomic mass is 32.2. The number of carbonyl (C=O) groups is 2. The first kappa shape index (κ1) is 19.0. The molecular weight excluding hydrogens is 348 g/mol. The third kappa shape index (κ3) is 4.62. The van der Waals surface area contributed by atoms with E-state index in [0.717, 1.165) is 11.2 Å². The summed E-state index contributed by atoms with van der Waals surface area (Å²) in [6.45, 7) is 0.940. The highest BCUT2D eigenvalue weighted by Crippen LogP contribution is 2.38. The predicted octanol–water partition coefficient (Wildman–Crippen LogP) is 0.788. The summed E-state index contributed by atoms with van der Waals surface area (Å²) < 4.78 is 59.0. The average Bonchev–Trinajstić information content (AvgIpc) is 3.00. The van der Waals surface area contributed by atoms with Crippen LogP contribution in [-0.2, 0) is 28.6 Å². The van der Waals surface area contributed by atoms with E-state index in [1.54, 1.807) is 6.92 Å². The number of hydrogen-bond donors (Lipinski definition) is 0. The van der Waals surface area contributed by atoms with Gasteiger partial charge in [0.25, 0.3) is 16.0 Å². The minimum Gasteiger partial charge on any atom is -0.466 e. The molecule has 1 aliphatic carbocycles. The van der Waals surface area contributed by atoms with Gasteiger partial charge in [-0.1, -0.05) is 0 Å². The molecule has 10 heteroatoms. The first-order valence-corrected chi connectivity index (χ1v) is 9.55. The maximum Gasteiger partial charge on any atom is 0.309 e. The lowest BCUT2D eigenvalue weighted by atomic mass is 9.95. The lowest BCUT2D eigenvalue weighted by molar-refractivity contribution is -0.153. The largest absolute Gasteiger partial charge is 0.466 e. The zero-order valence-corrected chi connectivity index (χ0v) is 14.4. The predicted molar refractivity (Wildman–Crippen MR) is 78.7 cm³/mol. The zero-order valence-electron chi connectivity index (χ0n) is 13.5. The zero-order chi connectivity index (χ0) is 18.1. The van der Waals surface area contributed by atoms with Gasteiger partial charge in [0.1, 0.15) is 0 Å². The highest BCUT2D eigenvalue weighted by molar-refractivity contribution is 7.86. The van der Waals surface area contributed by atoms with Crippen molar-refractivity contribution in [3.05, 3.63) is 0 Å². The van der Waals surface area contributed by atoms with Crippen LogP contribution in [0.3, 0.4) is 0 Å². The molecule has 0 aromatic carbocycles. The molecule has 0 radical (unpaired) electrons. The van der Waals surface area contributed by atoms with E-state index in [1.807, 2.05) is 0 Å². The van der Waals surface area contributed by atoms with Gasteiger partial charge < -0.3 is 9.64 Å². The first-order chi connectivity index (χ1) is 11.0. The summed E-state index contributed by atoms with van der Waals surface area (Å²) >= 11 is 0. The molecule has 24 heavy (non-hydrogen) atoms. The van der Waals surface area contributed by atoms with Gasteiger partial charge in [-0.25, -0.2) is 8.78 Å². The second-order valence-electron chi connectivity index (χ2n) is 6.22. The second-order valence-corrected chi connectivity index (χ2v) is 7.83. The van der Waals surface area contributed by atoms with Crippen molar-refractivity contribution in [2.24, 2.45) is 11.8 Å². The fourth-order valence-corrected chi connectivity index (χ4v) is 3.91. The lowest BCUT2D eigenvalue weighted by Crippen LogP contribution is -2.39. The van der Waals surface area contributed by atoms with Crippen LogP contribution < -0.4 is 0 Å². The molecule has 2 rings (SSSR count). The summed E-state index contributed by atoms with van der Waals surface area (Å²) in [5, 5.41) is 0. The summed E-state index contributed by atoms with van der Waals surface area (Å²) in [5.74, 6) is -5.95. The van der Waals surface area contributed by atoms with Crippen molar-refractivity contribution in [2.45, 2.75) is 38.2 Å². The van der Waals surface area contributed by atoms with Gasteiger partial charge in [0.15, 0.2) is 0 Å². The molecule has 0 bridgehead atoms. The number of ether oxygens (including phenoxy) is 1. The van der Waals surface area contributed by atoms with E-state index in [9.17, 15) is 26.8 Å². The number of halogens is 2. The van der Waals surface area contributed by atoms with Gasteiger partial charge in [-0.2, -0.15) is 8.42 Å². The highest BCUT2D eigenvalue weighted by Gasteiger charge is 2.49. The van der Waals surface area contributed by atoms with Crippen LogP contribution in [0.4, 0.5) is 8.78 Å². The summed E-state index contributed by atoms with van der Waals surface area (Å²) in [6, 6.07) is 0. The molecule has 138 valence electrons. The van der Waals surface area contributed by atoms with E-state index in [4.69, 9.17) is 8.92 Å². The van der Waals surface area contributed by atoms with Crippen molar-refractivity contribution in [3.63, 3.8) is 0 Å². The van der Waals surface area contributed by atoms with Crippen molar-refractivity contribution in [1.29, 1.82) is 0 Å². The number of rotatable bonds is 5. The third-order valence-electron chi connectivity index (χ3n) is 4.22. The first-order valence-electron chi connectivity index (χ1n) is 7.74. The van der Waals surface area contributed by atoms with Crippen molar-refractivity contribution in [1.82, 2.24) is 4.90 Å². The van der Waals surface area contributed by atoms with Gasteiger partial charge in [0.05, 0.1) is 37.3 Å². The molecule has 1 aliphatic heterocycles. The van der Waals surface area contributed by atoms with Crippen LogP contribution in [0.2, 0.25) is 0 Å². The van der Waals surface area contributed by atoms with Crippen LogP contribution in [0.5, 0.6) is 0 Å². The fraction of sp³-hybridized carbons (Fsp3) is 0.857. The van der Waals surface area contributed by atoms with E-state index in [0.29, 0.717) is 0 Å². The standard InChI is InChI=1S/C14H21F2NO6S/c1-3-22-13(19)11-7-9(23-24(2,20)21)6-10(11)12(18)17-5-4-14(15,16)8-17/h9-11H,3-8H2,1-2H3/t9-,10-,11-/m1/s1. The van der Waals surface area contributed by atoms with Crippen LogP contribution in [0.25, 0.3) is 0 Å². The molecule has 0 spiro atoms. The Labute approximate surface area is 139 Å². The number of likely N-dealkylation sites (tertiary alicyclic amines) is 1. The molecule has 7 nitrogen and oxygen atoms in total. The maximum atomic E-state index is 13.3. The Hall–Kier alpha value is -1.29. The van der Waals surface area contributed by atoms with Crippen LogP contribution in [0.15, 0.2) is 0 Å². The van der Waals surface area contributed by atoms with Crippen molar-refractivity contribution in [2.75, 3.05) is 26.0 Å². The quantitative estimate of drug-likeness (QED) is 0.526. The van der Waals surface area contributed by atoms with Gasteiger partial charge in [-0.05, 0) is 19.8 Å². The minimum atomic E-state index is -3.75. The smallest absolute Gasteiger partial charge is 0.309 e. The summed E-state index contributed by atoms with van der Waals surface area (Å²) in [4.78, 5) is 25.6. The summed E-state index contributed by atoms with van der Waals surface area (Å²) in [6.07, 6.45) is -0.391. The number of hydrogen-bond acceptors (Lipinski definition) is 6. The molecule has 1 saturated carbocycles. The van der Waals surface area contributed by atoms with E-state index in [2.05, 4.69) is 0 Å². The van der Waals surface area contributed by atoms with E-state index in [-0.39, 0.29) is 26.0 Å².